The molecule has 3 aromatic heterocycles. The number of para-hydroxylation sites is 1. The summed E-state index contributed by atoms with van der Waals surface area (Å²) >= 11 is 0. The average Bonchev–Trinajstić information content (AvgIpc) is 3.43. The van der Waals surface area contributed by atoms with Gasteiger partial charge in [-0.1, -0.05) is 18.2 Å². The van der Waals surface area contributed by atoms with Crippen LogP contribution in [0.3, 0.4) is 0 Å². The molecule has 0 unspecified atom stereocenters. The first kappa shape index (κ1) is 17.8. The Hall–Kier alpha value is -3.26. The number of fused-ring (bicyclic) bond motifs is 1. The molecule has 0 spiro atoms. The van der Waals surface area contributed by atoms with Gasteiger partial charge in [0.15, 0.2) is 5.82 Å². The molecular weight excluding hydrogens is 366 g/mol. The molecule has 5 rings (SSSR count). The lowest BCUT2D eigenvalue weighted by Gasteiger charge is -2.29. The van der Waals surface area contributed by atoms with E-state index in [1.165, 1.54) is 22.8 Å². The summed E-state index contributed by atoms with van der Waals surface area (Å²) in [5, 5.41) is 13.6. The molecule has 0 atom stereocenters. The molecule has 8 heteroatoms. The molecule has 0 aliphatic heterocycles. The van der Waals surface area contributed by atoms with Gasteiger partial charge in [-0.3, -0.25) is 4.79 Å². The molecule has 1 saturated carbocycles. The largest absolute Gasteiger partial charge is 0.361 e. The van der Waals surface area contributed by atoms with Crippen LogP contribution in [0.2, 0.25) is 0 Å². The lowest BCUT2D eigenvalue weighted by Crippen LogP contribution is -2.36. The highest BCUT2D eigenvalue weighted by molar-refractivity contribution is 5.82. The van der Waals surface area contributed by atoms with Crippen molar-refractivity contribution in [3.63, 3.8) is 0 Å². The van der Waals surface area contributed by atoms with Gasteiger partial charge in [0.05, 0.1) is 6.04 Å². The summed E-state index contributed by atoms with van der Waals surface area (Å²) < 4.78 is 3.19. The molecule has 0 amide bonds. The number of H-pyrrole nitrogens is 1. The highest BCUT2D eigenvalue weighted by Gasteiger charge is 2.24. The third-order valence-corrected chi connectivity index (χ3v) is 5.76. The summed E-state index contributed by atoms with van der Waals surface area (Å²) in [4.78, 5) is 19.6. The highest BCUT2D eigenvalue weighted by Crippen LogP contribution is 2.27. The minimum absolute atomic E-state index is 0.0657. The van der Waals surface area contributed by atoms with E-state index in [1.807, 2.05) is 6.07 Å². The minimum Gasteiger partial charge on any atom is -0.361 e. The standard InChI is InChI=1S/C21H23N7O/c29-21-10-9-20(27-14-22-13-25-27)26-28(21)17-7-5-16(6-8-17)23-11-15-12-24-19-4-2-1-3-18(15)19/h1-4,9-10,12-14,16-17,23-24H,5-8,11H2. The molecule has 1 aliphatic carbocycles. The molecule has 3 heterocycles. The average molecular weight is 389 g/mol. The van der Waals surface area contributed by atoms with E-state index in [4.69, 9.17) is 0 Å². The van der Waals surface area contributed by atoms with Crippen molar-refractivity contribution < 1.29 is 0 Å². The van der Waals surface area contributed by atoms with Crippen LogP contribution in [0.1, 0.15) is 37.3 Å². The molecule has 148 valence electrons. The first-order valence-electron chi connectivity index (χ1n) is 10.0. The van der Waals surface area contributed by atoms with Crippen molar-refractivity contribution in [1.82, 2.24) is 34.8 Å². The van der Waals surface area contributed by atoms with Crippen LogP contribution in [0.5, 0.6) is 0 Å². The Morgan fingerprint density at radius 2 is 1.97 bits per heavy atom. The highest BCUT2D eigenvalue weighted by atomic mass is 16.1. The van der Waals surface area contributed by atoms with Crippen LogP contribution in [-0.2, 0) is 6.54 Å². The Morgan fingerprint density at radius 1 is 1.10 bits per heavy atom. The monoisotopic (exact) mass is 389 g/mol. The van der Waals surface area contributed by atoms with Crippen LogP contribution in [0.25, 0.3) is 16.7 Å². The maximum Gasteiger partial charge on any atom is 0.267 e. The first-order chi connectivity index (χ1) is 14.3. The summed E-state index contributed by atoms with van der Waals surface area (Å²) in [6.45, 7) is 0.847. The SMILES string of the molecule is O=c1ccc(-n2cncn2)nn1C1CCC(NCc2c[nH]c3ccccc23)CC1. The maximum atomic E-state index is 12.4. The number of rotatable bonds is 5. The molecule has 1 aliphatic rings. The van der Waals surface area contributed by atoms with Crippen LogP contribution in [0.4, 0.5) is 0 Å². The number of nitrogens with one attached hydrogen (secondary N) is 2. The fraction of sp³-hybridized carbons (Fsp3) is 0.333. The normalized spacial score (nSPS) is 19.6. The molecule has 0 radical (unpaired) electrons. The van der Waals surface area contributed by atoms with Crippen LogP contribution in [0.15, 0.2) is 60.0 Å². The van der Waals surface area contributed by atoms with E-state index < -0.39 is 0 Å². The van der Waals surface area contributed by atoms with Crippen LogP contribution in [0, 0.1) is 0 Å². The van der Waals surface area contributed by atoms with Gasteiger partial charge < -0.3 is 10.3 Å². The Morgan fingerprint density at radius 3 is 2.79 bits per heavy atom. The van der Waals surface area contributed by atoms with Gasteiger partial charge in [0.2, 0.25) is 0 Å². The van der Waals surface area contributed by atoms with E-state index in [0.717, 1.165) is 32.2 Å². The van der Waals surface area contributed by atoms with Gasteiger partial charge in [-0.25, -0.2) is 14.3 Å². The lowest BCUT2D eigenvalue weighted by molar-refractivity contribution is 0.268. The van der Waals surface area contributed by atoms with Crippen molar-refractivity contribution in [3.05, 3.63) is 71.2 Å². The van der Waals surface area contributed by atoms with Gasteiger partial charge in [-0.2, -0.15) is 5.10 Å². The van der Waals surface area contributed by atoms with Crippen molar-refractivity contribution >= 4 is 10.9 Å². The van der Waals surface area contributed by atoms with Gasteiger partial charge in [0, 0.05) is 35.8 Å². The Bertz CT molecular complexity index is 1150. The second-order valence-electron chi connectivity index (χ2n) is 7.56. The third-order valence-electron chi connectivity index (χ3n) is 5.76. The molecule has 8 nitrogen and oxygen atoms in total. The molecular formula is C21H23N7O. The Labute approximate surface area is 167 Å². The maximum absolute atomic E-state index is 12.4. The molecule has 0 saturated heterocycles. The molecule has 2 N–H and O–H groups in total. The summed E-state index contributed by atoms with van der Waals surface area (Å²) in [7, 11) is 0. The van der Waals surface area contributed by atoms with Gasteiger partial charge in [0.1, 0.15) is 12.7 Å². The Balaban J connectivity index is 1.23. The fourth-order valence-corrected chi connectivity index (χ4v) is 4.18. The van der Waals surface area contributed by atoms with Crippen molar-refractivity contribution in [1.29, 1.82) is 0 Å². The number of aromatic nitrogens is 6. The lowest BCUT2D eigenvalue weighted by atomic mass is 9.91. The second-order valence-corrected chi connectivity index (χ2v) is 7.56. The van der Waals surface area contributed by atoms with Crippen LogP contribution < -0.4 is 10.9 Å². The summed E-state index contributed by atoms with van der Waals surface area (Å²) in [5.41, 5.74) is 2.40. The fourth-order valence-electron chi connectivity index (χ4n) is 4.18. The first-order valence-corrected chi connectivity index (χ1v) is 10.0. The zero-order chi connectivity index (χ0) is 19.6. The van der Waals surface area contributed by atoms with Gasteiger partial charge in [-0.15, -0.1) is 5.10 Å². The van der Waals surface area contributed by atoms with Crippen LogP contribution in [-0.4, -0.2) is 35.6 Å². The molecule has 29 heavy (non-hydrogen) atoms. The number of nitrogens with zero attached hydrogens (tertiary/aromatic N) is 5. The zero-order valence-corrected chi connectivity index (χ0v) is 16.0. The van der Waals surface area contributed by atoms with Crippen LogP contribution >= 0.6 is 0 Å². The number of hydrogen-bond donors (Lipinski definition) is 2. The minimum atomic E-state index is -0.0657. The van der Waals surface area contributed by atoms with E-state index in [0.29, 0.717) is 11.9 Å². The zero-order valence-electron chi connectivity index (χ0n) is 16.0. The van der Waals surface area contributed by atoms with Crippen molar-refractivity contribution in [2.75, 3.05) is 0 Å². The van der Waals surface area contributed by atoms with E-state index in [9.17, 15) is 4.79 Å². The summed E-state index contributed by atoms with van der Waals surface area (Å²) in [6.07, 6.45) is 9.04. The molecule has 1 fully saturated rings. The van der Waals surface area contributed by atoms with E-state index in [2.05, 4.69) is 49.9 Å². The quantitative estimate of drug-likeness (QED) is 0.547. The van der Waals surface area contributed by atoms with Gasteiger partial charge >= 0.3 is 0 Å². The Kier molecular flexibility index (Phi) is 4.69. The molecule has 4 aromatic rings. The predicted octanol–water partition coefficient (Wildman–Crippen LogP) is 2.58. The predicted molar refractivity (Wildman–Crippen MR) is 110 cm³/mol. The van der Waals surface area contributed by atoms with Crippen molar-refractivity contribution in [3.8, 4) is 5.82 Å². The molecule has 1 aromatic carbocycles. The van der Waals surface area contributed by atoms with E-state index >= 15 is 0 Å². The number of hydrogen-bond acceptors (Lipinski definition) is 5. The summed E-state index contributed by atoms with van der Waals surface area (Å²) in [5.74, 6) is 0.613. The van der Waals surface area contributed by atoms with E-state index in [1.54, 1.807) is 27.8 Å². The number of aromatic amines is 1. The van der Waals surface area contributed by atoms with Gasteiger partial charge in [0.25, 0.3) is 5.56 Å². The number of benzene rings is 1. The van der Waals surface area contributed by atoms with Gasteiger partial charge in [-0.05, 0) is 43.4 Å². The van der Waals surface area contributed by atoms with Crippen molar-refractivity contribution in [2.45, 2.75) is 44.3 Å². The van der Waals surface area contributed by atoms with E-state index in [-0.39, 0.29) is 11.6 Å². The smallest absolute Gasteiger partial charge is 0.267 e. The molecule has 0 bridgehead atoms. The second kappa shape index (κ2) is 7.63. The third kappa shape index (κ3) is 3.58. The summed E-state index contributed by atoms with van der Waals surface area (Å²) in [6, 6.07) is 12.2. The van der Waals surface area contributed by atoms with Crippen molar-refractivity contribution in [2.24, 2.45) is 0 Å². The topological polar surface area (TPSA) is 93.4 Å².